The van der Waals surface area contributed by atoms with Gasteiger partial charge in [0.2, 0.25) is 5.91 Å². The Morgan fingerprint density at radius 1 is 1.47 bits per heavy atom. The van der Waals surface area contributed by atoms with Gasteiger partial charge >= 0.3 is 5.97 Å². The van der Waals surface area contributed by atoms with Crippen molar-refractivity contribution in [2.75, 3.05) is 6.54 Å². The molecule has 7 nitrogen and oxygen atoms in total. The lowest BCUT2D eigenvalue weighted by Gasteiger charge is -2.13. The highest BCUT2D eigenvalue weighted by Crippen LogP contribution is 2.05. The molecule has 0 radical (unpaired) electrons. The molecule has 0 aliphatic carbocycles. The topological polar surface area (TPSA) is 97.1 Å². The van der Waals surface area contributed by atoms with Crippen LogP contribution in [0.5, 0.6) is 0 Å². The van der Waals surface area contributed by atoms with Crippen LogP contribution in [-0.2, 0) is 4.79 Å². The predicted octanol–water partition coefficient (Wildman–Crippen LogP) is 0.309. The van der Waals surface area contributed by atoms with Crippen LogP contribution in [0.15, 0.2) is 6.20 Å². The van der Waals surface area contributed by atoms with E-state index in [-0.39, 0.29) is 11.6 Å². The third kappa shape index (κ3) is 3.54. The molecule has 0 bridgehead atoms. The summed E-state index contributed by atoms with van der Waals surface area (Å²) in [6, 6.07) is -0.575. The van der Waals surface area contributed by atoms with E-state index in [9.17, 15) is 9.59 Å². The second-order valence-electron chi connectivity index (χ2n) is 4.20. The van der Waals surface area contributed by atoms with E-state index in [2.05, 4.69) is 15.6 Å². The van der Waals surface area contributed by atoms with Gasteiger partial charge in [0.15, 0.2) is 5.69 Å². The SMILES string of the molecule is CC(C)CNC(=O)C(C)n1cc(C(=O)O)nn1. The normalized spacial score (nSPS) is 12.5. The van der Waals surface area contributed by atoms with E-state index in [1.807, 2.05) is 13.8 Å². The zero-order valence-corrected chi connectivity index (χ0v) is 10.0. The van der Waals surface area contributed by atoms with Gasteiger partial charge in [-0.25, -0.2) is 9.48 Å². The molecule has 0 aliphatic heterocycles. The van der Waals surface area contributed by atoms with Crippen LogP contribution in [0.25, 0.3) is 0 Å². The lowest BCUT2D eigenvalue weighted by atomic mass is 10.2. The highest BCUT2D eigenvalue weighted by Gasteiger charge is 2.18. The molecule has 0 spiro atoms. The fourth-order valence-electron chi connectivity index (χ4n) is 1.14. The van der Waals surface area contributed by atoms with Crippen molar-refractivity contribution in [3.05, 3.63) is 11.9 Å². The van der Waals surface area contributed by atoms with E-state index >= 15 is 0 Å². The highest BCUT2D eigenvalue weighted by molar-refractivity contribution is 5.85. The summed E-state index contributed by atoms with van der Waals surface area (Å²) >= 11 is 0. The first-order chi connectivity index (χ1) is 7.91. The molecule has 1 aromatic rings. The second kappa shape index (κ2) is 5.42. The molecule has 0 saturated carbocycles. The Morgan fingerprint density at radius 2 is 2.12 bits per heavy atom. The number of carbonyl (C=O) groups is 2. The zero-order chi connectivity index (χ0) is 13.0. The molecule has 17 heavy (non-hydrogen) atoms. The van der Waals surface area contributed by atoms with Crippen molar-refractivity contribution in [2.24, 2.45) is 5.92 Å². The molecule has 1 amide bonds. The molecule has 0 fully saturated rings. The van der Waals surface area contributed by atoms with Gasteiger partial charge in [0.25, 0.3) is 0 Å². The molecule has 0 aliphatic rings. The number of carboxylic acid groups (broad SMARTS) is 1. The summed E-state index contributed by atoms with van der Waals surface area (Å²) in [5.41, 5.74) is -0.173. The molecule has 1 atom stereocenters. The number of aromatic carboxylic acids is 1. The van der Waals surface area contributed by atoms with Crippen LogP contribution in [0.3, 0.4) is 0 Å². The standard InChI is InChI=1S/C10H16N4O3/c1-6(2)4-11-9(15)7(3)14-5-8(10(16)17)12-13-14/h5-7H,4H2,1-3H3,(H,11,15)(H,16,17). The van der Waals surface area contributed by atoms with E-state index in [0.29, 0.717) is 12.5 Å². The Kier molecular flexibility index (Phi) is 4.19. The fraction of sp³-hybridized carbons (Fsp3) is 0.600. The first-order valence-electron chi connectivity index (χ1n) is 5.34. The van der Waals surface area contributed by atoms with Crippen molar-refractivity contribution in [3.63, 3.8) is 0 Å². The van der Waals surface area contributed by atoms with Crippen LogP contribution < -0.4 is 5.32 Å². The maximum atomic E-state index is 11.7. The van der Waals surface area contributed by atoms with Crippen molar-refractivity contribution in [1.29, 1.82) is 0 Å². The molecule has 1 aromatic heterocycles. The summed E-state index contributed by atoms with van der Waals surface area (Å²) in [7, 11) is 0. The molecule has 2 N–H and O–H groups in total. The summed E-state index contributed by atoms with van der Waals surface area (Å²) in [4.78, 5) is 22.3. The van der Waals surface area contributed by atoms with Gasteiger partial charge in [-0.15, -0.1) is 5.10 Å². The van der Waals surface area contributed by atoms with Crippen LogP contribution >= 0.6 is 0 Å². The molecular weight excluding hydrogens is 224 g/mol. The number of amides is 1. The molecule has 0 saturated heterocycles. The first kappa shape index (κ1) is 13.1. The Balaban J connectivity index is 2.64. The van der Waals surface area contributed by atoms with Gasteiger partial charge < -0.3 is 10.4 Å². The highest BCUT2D eigenvalue weighted by atomic mass is 16.4. The maximum Gasteiger partial charge on any atom is 0.358 e. The van der Waals surface area contributed by atoms with Gasteiger partial charge in [0.1, 0.15) is 6.04 Å². The summed E-state index contributed by atoms with van der Waals surface area (Å²) in [5.74, 6) is -1.01. The van der Waals surface area contributed by atoms with Gasteiger partial charge in [-0.2, -0.15) is 0 Å². The molecule has 1 heterocycles. The summed E-state index contributed by atoms with van der Waals surface area (Å²) in [6.45, 7) is 6.19. The number of aromatic nitrogens is 3. The Morgan fingerprint density at radius 3 is 2.59 bits per heavy atom. The van der Waals surface area contributed by atoms with Crippen LogP contribution in [0.1, 0.15) is 37.3 Å². The van der Waals surface area contributed by atoms with Crippen LogP contribution in [0, 0.1) is 5.92 Å². The van der Waals surface area contributed by atoms with Crippen molar-refractivity contribution in [2.45, 2.75) is 26.8 Å². The number of rotatable bonds is 5. The minimum atomic E-state index is -1.16. The second-order valence-corrected chi connectivity index (χ2v) is 4.20. The minimum Gasteiger partial charge on any atom is -0.476 e. The lowest BCUT2D eigenvalue weighted by molar-refractivity contribution is -0.124. The number of nitrogens with zero attached hydrogens (tertiary/aromatic N) is 3. The van der Waals surface area contributed by atoms with Crippen LogP contribution in [-0.4, -0.2) is 38.5 Å². The van der Waals surface area contributed by atoms with E-state index in [0.717, 1.165) is 0 Å². The lowest BCUT2D eigenvalue weighted by Crippen LogP contribution is -2.33. The van der Waals surface area contributed by atoms with Gasteiger partial charge in [-0.1, -0.05) is 19.1 Å². The third-order valence-corrected chi connectivity index (χ3v) is 2.19. The summed E-state index contributed by atoms with van der Waals surface area (Å²) < 4.78 is 1.24. The molecular formula is C10H16N4O3. The first-order valence-corrected chi connectivity index (χ1v) is 5.34. The molecule has 94 valence electrons. The van der Waals surface area contributed by atoms with E-state index in [1.54, 1.807) is 6.92 Å². The van der Waals surface area contributed by atoms with Crippen molar-refractivity contribution >= 4 is 11.9 Å². The van der Waals surface area contributed by atoms with E-state index in [4.69, 9.17) is 5.11 Å². The average Bonchev–Trinajstić information content (AvgIpc) is 2.73. The van der Waals surface area contributed by atoms with Crippen molar-refractivity contribution in [3.8, 4) is 0 Å². The smallest absolute Gasteiger partial charge is 0.358 e. The van der Waals surface area contributed by atoms with Crippen LogP contribution in [0.2, 0.25) is 0 Å². The molecule has 0 aromatic carbocycles. The van der Waals surface area contributed by atoms with Gasteiger partial charge in [-0.3, -0.25) is 4.79 Å². The average molecular weight is 240 g/mol. The fourth-order valence-corrected chi connectivity index (χ4v) is 1.14. The number of carbonyl (C=O) groups excluding carboxylic acids is 1. The Hall–Kier alpha value is -1.92. The molecule has 1 unspecified atom stereocenters. The number of nitrogens with one attached hydrogen (secondary N) is 1. The number of hydrogen-bond donors (Lipinski definition) is 2. The quantitative estimate of drug-likeness (QED) is 0.772. The van der Waals surface area contributed by atoms with Crippen molar-refractivity contribution < 1.29 is 14.7 Å². The third-order valence-electron chi connectivity index (χ3n) is 2.19. The number of hydrogen-bond acceptors (Lipinski definition) is 4. The molecule has 1 rings (SSSR count). The Labute approximate surface area is 98.8 Å². The van der Waals surface area contributed by atoms with Gasteiger partial charge in [0, 0.05) is 6.54 Å². The minimum absolute atomic E-state index is 0.173. The van der Waals surface area contributed by atoms with E-state index in [1.165, 1.54) is 10.9 Å². The van der Waals surface area contributed by atoms with Gasteiger partial charge in [0.05, 0.1) is 6.20 Å². The zero-order valence-electron chi connectivity index (χ0n) is 10.0. The monoisotopic (exact) mass is 240 g/mol. The van der Waals surface area contributed by atoms with Gasteiger partial charge in [-0.05, 0) is 12.8 Å². The van der Waals surface area contributed by atoms with E-state index < -0.39 is 12.0 Å². The largest absolute Gasteiger partial charge is 0.476 e. The predicted molar refractivity (Wildman–Crippen MR) is 59.5 cm³/mol. The van der Waals surface area contributed by atoms with Crippen molar-refractivity contribution in [1.82, 2.24) is 20.3 Å². The summed E-state index contributed by atoms with van der Waals surface area (Å²) in [6.07, 6.45) is 1.24. The molecule has 7 heteroatoms. The number of carboxylic acids is 1. The maximum absolute atomic E-state index is 11.7. The van der Waals surface area contributed by atoms with Crippen LogP contribution in [0.4, 0.5) is 0 Å². The Bertz CT molecular complexity index is 413. The summed E-state index contributed by atoms with van der Waals surface area (Å²) in [5, 5.41) is 18.5.